The highest BCUT2D eigenvalue weighted by atomic mass is 15.2. The standard InChI is InChI=1S/C45H46N4/c1-29-12-20-33(21-13-29)48(34-22-14-30(2)15-23-34)41-37(28-46)40(47-11)42(39-38(41)43(5,6)45(9,10)44(39,7)8)49(35-24-16-31(3)17-25-35)36-26-18-32(4)19-27-36/h12-27H,1-10H3. The van der Waals surface area contributed by atoms with E-state index in [1.165, 1.54) is 0 Å². The molecule has 49 heavy (non-hydrogen) atoms. The second-order valence-electron chi connectivity index (χ2n) is 15.3. The predicted molar refractivity (Wildman–Crippen MR) is 206 cm³/mol. The summed E-state index contributed by atoms with van der Waals surface area (Å²) in [5, 5.41) is 11.3. The first-order valence-corrected chi connectivity index (χ1v) is 17.0. The normalized spacial score (nSPS) is 15.2. The van der Waals surface area contributed by atoms with Gasteiger partial charge in [-0.05, 0) is 104 Å². The summed E-state index contributed by atoms with van der Waals surface area (Å²) in [5.74, 6) is 0. The van der Waals surface area contributed by atoms with Gasteiger partial charge in [-0.25, -0.2) is 4.85 Å². The van der Waals surface area contributed by atoms with Gasteiger partial charge in [-0.15, -0.1) is 0 Å². The van der Waals surface area contributed by atoms with Gasteiger partial charge in [0.2, 0.25) is 5.69 Å². The summed E-state index contributed by atoms with van der Waals surface area (Å²) >= 11 is 0. The molecule has 0 unspecified atom stereocenters. The molecular weight excluding hydrogens is 597 g/mol. The number of nitrogens with zero attached hydrogens (tertiary/aromatic N) is 4. The Morgan fingerprint density at radius 1 is 0.510 bits per heavy atom. The Kier molecular flexibility index (Phi) is 8.21. The molecule has 0 heterocycles. The minimum atomic E-state index is -0.401. The molecule has 0 amide bonds. The van der Waals surface area contributed by atoms with E-state index in [1.54, 1.807) is 0 Å². The maximum Gasteiger partial charge on any atom is 0.230 e. The van der Waals surface area contributed by atoms with Crippen molar-refractivity contribution in [3.8, 4) is 6.07 Å². The average Bonchev–Trinajstić information content (AvgIpc) is 3.18. The first-order chi connectivity index (χ1) is 23.1. The molecule has 246 valence electrons. The topological polar surface area (TPSA) is 34.6 Å². The fourth-order valence-electron chi connectivity index (χ4n) is 7.58. The third kappa shape index (κ3) is 5.19. The molecule has 0 bridgehead atoms. The van der Waals surface area contributed by atoms with Gasteiger partial charge in [0, 0.05) is 22.7 Å². The molecule has 0 N–H and O–H groups in total. The zero-order valence-electron chi connectivity index (χ0n) is 30.5. The third-order valence-electron chi connectivity index (χ3n) is 11.6. The number of hydrogen-bond acceptors (Lipinski definition) is 3. The van der Waals surface area contributed by atoms with Gasteiger partial charge < -0.3 is 9.80 Å². The van der Waals surface area contributed by atoms with Gasteiger partial charge >= 0.3 is 0 Å². The molecule has 5 aromatic carbocycles. The minimum Gasteiger partial charge on any atom is -0.320 e. The fraction of sp³-hybridized carbons (Fsp3) is 0.289. The molecule has 5 aromatic rings. The van der Waals surface area contributed by atoms with E-state index in [2.05, 4.69) is 187 Å². The Labute approximate surface area is 293 Å². The van der Waals surface area contributed by atoms with Gasteiger partial charge in [-0.3, -0.25) is 0 Å². The summed E-state index contributed by atoms with van der Waals surface area (Å²) in [6.45, 7) is 31.1. The Morgan fingerprint density at radius 3 is 1.08 bits per heavy atom. The van der Waals surface area contributed by atoms with E-state index in [9.17, 15) is 5.26 Å². The van der Waals surface area contributed by atoms with Crippen LogP contribution in [0.1, 0.15) is 80.5 Å². The second-order valence-corrected chi connectivity index (χ2v) is 15.3. The second kappa shape index (κ2) is 12.0. The molecule has 0 spiro atoms. The smallest absolute Gasteiger partial charge is 0.230 e. The molecule has 0 saturated carbocycles. The summed E-state index contributed by atoms with van der Waals surface area (Å²) in [7, 11) is 0. The molecule has 0 radical (unpaired) electrons. The third-order valence-corrected chi connectivity index (χ3v) is 11.6. The summed E-state index contributed by atoms with van der Waals surface area (Å²) < 4.78 is 0. The highest BCUT2D eigenvalue weighted by Crippen LogP contribution is 2.69. The summed E-state index contributed by atoms with van der Waals surface area (Å²) in [4.78, 5) is 8.74. The first-order valence-electron chi connectivity index (χ1n) is 17.0. The van der Waals surface area contributed by atoms with Gasteiger partial charge in [0.25, 0.3) is 0 Å². The van der Waals surface area contributed by atoms with Crippen LogP contribution in [0, 0.1) is 51.0 Å². The van der Waals surface area contributed by atoms with Crippen LogP contribution in [0.2, 0.25) is 0 Å². The number of anilines is 6. The molecule has 6 rings (SSSR count). The lowest BCUT2D eigenvalue weighted by atomic mass is 9.59. The van der Waals surface area contributed by atoms with Crippen LogP contribution in [-0.2, 0) is 10.8 Å². The fourth-order valence-corrected chi connectivity index (χ4v) is 7.58. The average molecular weight is 643 g/mol. The zero-order chi connectivity index (χ0) is 35.5. The minimum absolute atomic E-state index is 0.266. The van der Waals surface area contributed by atoms with Crippen molar-refractivity contribution in [2.45, 2.75) is 80.1 Å². The highest BCUT2D eigenvalue weighted by molar-refractivity contribution is 6.00. The molecule has 0 aliphatic heterocycles. The predicted octanol–water partition coefficient (Wildman–Crippen LogP) is 12.9. The number of hydrogen-bond donors (Lipinski definition) is 0. The molecular formula is C45H46N4. The maximum absolute atomic E-state index is 11.3. The lowest BCUT2D eigenvalue weighted by Crippen LogP contribution is -2.42. The number of rotatable bonds is 6. The van der Waals surface area contributed by atoms with Crippen LogP contribution in [0.25, 0.3) is 4.85 Å². The summed E-state index contributed by atoms with van der Waals surface area (Å²) in [6.07, 6.45) is 0. The van der Waals surface area contributed by atoms with Crippen molar-refractivity contribution < 1.29 is 0 Å². The van der Waals surface area contributed by atoms with Crippen LogP contribution in [0.5, 0.6) is 0 Å². The van der Waals surface area contributed by atoms with E-state index in [1.807, 2.05) is 0 Å². The number of benzene rings is 5. The van der Waals surface area contributed by atoms with Crippen LogP contribution < -0.4 is 9.80 Å². The quantitative estimate of drug-likeness (QED) is 0.173. The van der Waals surface area contributed by atoms with Crippen LogP contribution in [0.4, 0.5) is 39.8 Å². The van der Waals surface area contributed by atoms with Crippen molar-refractivity contribution in [3.63, 3.8) is 0 Å². The molecule has 1 aliphatic rings. The van der Waals surface area contributed by atoms with Gasteiger partial charge in [0.15, 0.2) is 0 Å². The van der Waals surface area contributed by atoms with Crippen molar-refractivity contribution in [3.05, 3.63) is 147 Å². The molecule has 0 saturated heterocycles. The summed E-state index contributed by atoms with van der Waals surface area (Å²) in [5.41, 5.74) is 11.9. The molecule has 0 fully saturated rings. The lowest BCUT2D eigenvalue weighted by molar-refractivity contribution is 0.125. The molecule has 0 atom stereocenters. The van der Waals surface area contributed by atoms with Crippen LogP contribution in [0.3, 0.4) is 0 Å². The number of aryl methyl sites for hydroxylation is 4. The van der Waals surface area contributed by atoms with Crippen molar-refractivity contribution in [1.29, 1.82) is 5.26 Å². The molecule has 4 heteroatoms. The van der Waals surface area contributed by atoms with E-state index in [0.29, 0.717) is 11.3 Å². The number of nitriles is 1. The zero-order valence-corrected chi connectivity index (χ0v) is 30.5. The first kappa shape index (κ1) is 33.6. The summed E-state index contributed by atoms with van der Waals surface area (Å²) in [6, 6.07) is 36.5. The van der Waals surface area contributed by atoms with Gasteiger partial charge in [0.1, 0.15) is 0 Å². The van der Waals surface area contributed by atoms with E-state index >= 15 is 0 Å². The molecule has 4 nitrogen and oxygen atoms in total. The Morgan fingerprint density at radius 2 is 0.796 bits per heavy atom. The monoisotopic (exact) mass is 642 g/mol. The van der Waals surface area contributed by atoms with Crippen LogP contribution in [-0.4, -0.2) is 0 Å². The highest BCUT2D eigenvalue weighted by Gasteiger charge is 2.60. The van der Waals surface area contributed by atoms with Crippen LogP contribution >= 0.6 is 0 Å². The van der Waals surface area contributed by atoms with Crippen LogP contribution in [0.15, 0.2) is 97.1 Å². The van der Waals surface area contributed by atoms with E-state index in [0.717, 1.165) is 67.5 Å². The number of fused-ring (bicyclic) bond motifs is 1. The van der Waals surface area contributed by atoms with Gasteiger partial charge in [0.05, 0.1) is 29.6 Å². The Bertz CT molecular complexity index is 1870. The Hall–Kier alpha value is -5.32. The van der Waals surface area contributed by atoms with Crippen molar-refractivity contribution in [2.75, 3.05) is 9.80 Å². The van der Waals surface area contributed by atoms with Gasteiger partial charge in [-0.1, -0.05) is 112 Å². The van der Waals surface area contributed by atoms with Crippen molar-refractivity contribution >= 4 is 39.8 Å². The Balaban J connectivity index is 1.86. The molecule has 0 aromatic heterocycles. The molecule has 1 aliphatic carbocycles. The maximum atomic E-state index is 11.3. The largest absolute Gasteiger partial charge is 0.320 e. The van der Waals surface area contributed by atoms with Crippen molar-refractivity contribution in [2.24, 2.45) is 5.41 Å². The van der Waals surface area contributed by atoms with E-state index < -0.39 is 10.8 Å². The van der Waals surface area contributed by atoms with Crippen molar-refractivity contribution in [1.82, 2.24) is 0 Å². The lowest BCUT2D eigenvalue weighted by Gasteiger charge is -2.45. The van der Waals surface area contributed by atoms with Gasteiger partial charge in [-0.2, -0.15) is 5.26 Å². The van der Waals surface area contributed by atoms with E-state index in [4.69, 9.17) is 6.57 Å². The van der Waals surface area contributed by atoms with E-state index in [-0.39, 0.29) is 5.41 Å². The SMILES string of the molecule is [C-]#[N+]c1c(C#N)c(N(c2ccc(C)cc2)c2ccc(C)cc2)c2c(c1N(c1ccc(C)cc1)c1ccc(C)cc1)C(C)(C)C(C)(C)C2(C)C.